The summed E-state index contributed by atoms with van der Waals surface area (Å²) in [5, 5.41) is 10.2. The average molecular weight is 375 g/mol. The van der Waals surface area contributed by atoms with Gasteiger partial charge in [0.25, 0.3) is 0 Å². The second kappa shape index (κ2) is 9.96. The number of benzene rings is 1. The number of allylic oxidation sites excluding steroid dienone is 3. The lowest BCUT2D eigenvalue weighted by Crippen LogP contribution is -1.96. The largest absolute Gasteiger partial charge is 0.497 e. The summed E-state index contributed by atoms with van der Waals surface area (Å²) in [6, 6.07) is 7.53. The highest BCUT2D eigenvalue weighted by atomic mass is 32.1. The third-order valence-electron chi connectivity index (χ3n) is 3.48. The highest BCUT2D eigenvalue weighted by Crippen LogP contribution is 2.27. The molecule has 1 heterocycles. The number of ether oxygens (including phenoxy) is 1. The Labute approximate surface area is 157 Å². The lowest BCUT2D eigenvalue weighted by Gasteiger charge is -2.02. The van der Waals surface area contributed by atoms with Crippen LogP contribution in [0.25, 0.3) is 6.08 Å². The van der Waals surface area contributed by atoms with Gasteiger partial charge in [-0.05, 0) is 55.1 Å². The molecule has 4 nitrogen and oxygen atoms in total. The van der Waals surface area contributed by atoms with Crippen LogP contribution in [0.4, 0.5) is 5.69 Å². The van der Waals surface area contributed by atoms with Crippen LogP contribution in [-0.4, -0.2) is 23.0 Å². The van der Waals surface area contributed by atoms with E-state index >= 15 is 0 Å². The molecule has 0 aliphatic carbocycles. The lowest BCUT2D eigenvalue weighted by molar-refractivity contribution is 0.410. The first-order chi connectivity index (χ1) is 12.2. The highest BCUT2D eigenvalue weighted by molar-refractivity contribution is 7.73. The lowest BCUT2D eigenvalue weighted by atomic mass is 10.3. The Morgan fingerprint density at radius 1 is 1.24 bits per heavy atom. The van der Waals surface area contributed by atoms with E-state index in [4.69, 9.17) is 17.0 Å². The van der Waals surface area contributed by atoms with Crippen molar-refractivity contribution in [3.63, 3.8) is 0 Å². The number of thiazole rings is 1. The van der Waals surface area contributed by atoms with Crippen molar-refractivity contribution in [2.24, 2.45) is 4.99 Å². The molecule has 0 aliphatic heterocycles. The van der Waals surface area contributed by atoms with E-state index in [1.54, 1.807) is 17.9 Å². The number of aromatic hydroxyl groups is 1. The molecule has 0 aliphatic rings. The number of rotatable bonds is 8. The summed E-state index contributed by atoms with van der Waals surface area (Å²) in [6.07, 6.45) is 11.2. The van der Waals surface area contributed by atoms with E-state index in [1.165, 1.54) is 11.3 Å². The summed E-state index contributed by atoms with van der Waals surface area (Å²) in [5.74, 6) is 1.06. The van der Waals surface area contributed by atoms with Gasteiger partial charge in [-0.2, -0.15) is 0 Å². The van der Waals surface area contributed by atoms with Crippen molar-refractivity contribution < 1.29 is 9.84 Å². The van der Waals surface area contributed by atoms with Crippen molar-refractivity contribution in [3.05, 3.63) is 51.3 Å². The van der Waals surface area contributed by atoms with Crippen molar-refractivity contribution >= 4 is 41.5 Å². The molecule has 0 saturated heterocycles. The molecule has 0 spiro atoms. The van der Waals surface area contributed by atoms with E-state index in [-0.39, 0.29) is 5.88 Å². The van der Waals surface area contributed by atoms with Crippen molar-refractivity contribution in [1.29, 1.82) is 0 Å². The number of hydrogen-bond acceptors (Lipinski definition) is 5. The molecular formula is C19H22N2O2S2. The van der Waals surface area contributed by atoms with E-state index in [0.717, 1.165) is 35.7 Å². The fraction of sp³-hybridized carbons (Fsp3) is 0.263. The Morgan fingerprint density at radius 2 is 2.00 bits per heavy atom. The van der Waals surface area contributed by atoms with Gasteiger partial charge in [0.15, 0.2) is 3.95 Å². The fourth-order valence-electron chi connectivity index (χ4n) is 2.09. The standard InChI is InChI=1S/C19H22N2O2S2/c1-3-4-14-21-18(22)17(25-19(21)24)8-6-5-7-13-20-15-9-11-16(23-2)12-10-15/h5-13,22H,3-4,14H2,1-2H3/b7-5+,8-6+,20-13?. The van der Waals surface area contributed by atoms with Crippen molar-refractivity contribution in [3.8, 4) is 11.6 Å². The Hall–Kier alpha value is -2.18. The molecule has 6 heteroatoms. The number of methoxy groups -OCH3 is 1. The number of hydrogen-bond donors (Lipinski definition) is 1. The molecule has 1 N–H and O–H groups in total. The summed E-state index contributed by atoms with van der Waals surface area (Å²) in [7, 11) is 1.64. The van der Waals surface area contributed by atoms with Gasteiger partial charge in [0, 0.05) is 12.8 Å². The Morgan fingerprint density at radius 3 is 2.68 bits per heavy atom. The SMILES string of the molecule is CCCCn1c(O)c(/C=C/C=C/C=Nc2ccc(OC)cc2)sc1=S. The molecule has 2 aromatic rings. The monoisotopic (exact) mass is 374 g/mol. The summed E-state index contributed by atoms with van der Waals surface area (Å²) in [6.45, 7) is 2.88. The van der Waals surface area contributed by atoms with Crippen LogP contribution in [0.5, 0.6) is 11.6 Å². The van der Waals surface area contributed by atoms with Crippen LogP contribution in [0.15, 0.2) is 47.5 Å². The topological polar surface area (TPSA) is 46.8 Å². The number of aliphatic imine (C=N–C) groups is 1. The minimum atomic E-state index is 0.250. The predicted octanol–water partition coefficient (Wildman–Crippen LogP) is 5.77. The first-order valence-electron chi connectivity index (χ1n) is 8.09. The molecule has 1 aromatic heterocycles. The minimum absolute atomic E-state index is 0.250. The second-order valence-electron chi connectivity index (χ2n) is 5.28. The fourth-order valence-corrected chi connectivity index (χ4v) is 3.36. The summed E-state index contributed by atoms with van der Waals surface area (Å²) < 4.78 is 7.60. The molecule has 0 atom stereocenters. The third-order valence-corrected chi connectivity index (χ3v) is 4.88. The molecule has 0 fully saturated rings. The van der Waals surface area contributed by atoms with Crippen LogP contribution in [0.3, 0.4) is 0 Å². The average Bonchev–Trinajstić information content (AvgIpc) is 2.90. The Bertz CT molecular complexity index is 815. The van der Waals surface area contributed by atoms with Crippen LogP contribution in [0.1, 0.15) is 24.6 Å². The molecule has 2 rings (SSSR count). The maximum absolute atomic E-state index is 10.2. The predicted molar refractivity (Wildman–Crippen MR) is 109 cm³/mol. The van der Waals surface area contributed by atoms with Crippen LogP contribution >= 0.6 is 23.6 Å². The van der Waals surface area contributed by atoms with E-state index in [1.807, 2.05) is 48.6 Å². The number of unbranched alkanes of at least 4 members (excludes halogenated alkanes) is 1. The Balaban J connectivity index is 1.94. The quantitative estimate of drug-likeness (QED) is 0.363. The molecule has 132 valence electrons. The smallest absolute Gasteiger partial charge is 0.210 e. The summed E-state index contributed by atoms with van der Waals surface area (Å²) in [5.41, 5.74) is 0.859. The minimum Gasteiger partial charge on any atom is -0.497 e. The zero-order valence-electron chi connectivity index (χ0n) is 14.4. The molecule has 0 saturated carbocycles. The molecule has 25 heavy (non-hydrogen) atoms. The molecule has 0 radical (unpaired) electrons. The van der Waals surface area contributed by atoms with Crippen molar-refractivity contribution in [1.82, 2.24) is 4.57 Å². The van der Waals surface area contributed by atoms with E-state index < -0.39 is 0 Å². The van der Waals surface area contributed by atoms with Gasteiger partial charge in [-0.15, -0.1) is 11.3 Å². The molecule has 0 bridgehead atoms. The van der Waals surface area contributed by atoms with Crippen molar-refractivity contribution in [2.75, 3.05) is 7.11 Å². The third kappa shape index (κ3) is 5.69. The van der Waals surface area contributed by atoms with Gasteiger partial charge >= 0.3 is 0 Å². The van der Waals surface area contributed by atoms with E-state index in [0.29, 0.717) is 3.95 Å². The van der Waals surface area contributed by atoms with Gasteiger partial charge in [-0.3, -0.25) is 9.56 Å². The summed E-state index contributed by atoms with van der Waals surface area (Å²) >= 11 is 6.72. The van der Waals surface area contributed by atoms with Crippen LogP contribution in [0.2, 0.25) is 0 Å². The number of nitrogens with zero attached hydrogens (tertiary/aromatic N) is 2. The zero-order chi connectivity index (χ0) is 18.1. The van der Waals surface area contributed by atoms with Gasteiger partial charge in [0.05, 0.1) is 17.7 Å². The van der Waals surface area contributed by atoms with E-state index in [2.05, 4.69) is 11.9 Å². The highest BCUT2D eigenvalue weighted by Gasteiger charge is 2.08. The maximum Gasteiger partial charge on any atom is 0.210 e. The maximum atomic E-state index is 10.2. The summed E-state index contributed by atoms with van der Waals surface area (Å²) in [4.78, 5) is 5.10. The first-order valence-corrected chi connectivity index (χ1v) is 9.32. The second-order valence-corrected chi connectivity index (χ2v) is 6.96. The molecular weight excluding hydrogens is 352 g/mol. The number of aromatic nitrogens is 1. The van der Waals surface area contributed by atoms with Crippen molar-refractivity contribution in [2.45, 2.75) is 26.3 Å². The Kier molecular flexibility index (Phi) is 7.63. The van der Waals surface area contributed by atoms with E-state index in [9.17, 15) is 5.11 Å². The normalized spacial score (nSPS) is 11.9. The van der Waals surface area contributed by atoms with Gasteiger partial charge in [0.1, 0.15) is 5.75 Å². The van der Waals surface area contributed by atoms with Gasteiger partial charge in [-0.25, -0.2) is 0 Å². The zero-order valence-corrected chi connectivity index (χ0v) is 16.0. The van der Waals surface area contributed by atoms with Crippen LogP contribution in [-0.2, 0) is 6.54 Å². The molecule has 1 aromatic carbocycles. The van der Waals surface area contributed by atoms with Gasteiger partial charge < -0.3 is 9.84 Å². The van der Waals surface area contributed by atoms with Crippen LogP contribution < -0.4 is 4.74 Å². The van der Waals surface area contributed by atoms with Gasteiger partial charge in [0.2, 0.25) is 5.88 Å². The van der Waals surface area contributed by atoms with Gasteiger partial charge in [-0.1, -0.05) is 25.5 Å². The molecule has 0 unspecified atom stereocenters. The van der Waals surface area contributed by atoms with Crippen LogP contribution in [0, 0.1) is 3.95 Å². The molecule has 0 amide bonds. The first kappa shape index (κ1) is 19.1.